The van der Waals surface area contributed by atoms with Gasteiger partial charge in [-0.05, 0) is 77.0 Å². The SMILES string of the molecule is CC/C=C\C/C=C\C/C=C\C/C=C\C/C=C\C/C=C\CCC(=O)OC[C@H](COP(=O)(O)OC[C@@H](O)CO)OC(=O)CCCCCCC/C=C\CC1OC1CCCCC. The van der Waals surface area contributed by atoms with Gasteiger partial charge in [0.15, 0.2) is 6.10 Å². The van der Waals surface area contributed by atoms with E-state index in [0.29, 0.717) is 25.0 Å². The molecular weight excluding hydrogens is 759 g/mol. The summed E-state index contributed by atoms with van der Waals surface area (Å²) in [5.74, 6) is -1.05. The molecule has 0 saturated carbocycles. The predicted molar refractivity (Wildman–Crippen MR) is 232 cm³/mol. The van der Waals surface area contributed by atoms with Crippen molar-refractivity contribution in [1.82, 2.24) is 0 Å². The summed E-state index contributed by atoms with van der Waals surface area (Å²) in [6, 6.07) is 0. The number of hydrogen-bond donors (Lipinski definition) is 3. The topological polar surface area (TPSA) is 161 Å². The average Bonchev–Trinajstić information content (AvgIpc) is 3.97. The fraction of sp³-hybridized carbons (Fsp3) is 0.652. The maximum absolute atomic E-state index is 12.6. The van der Waals surface area contributed by atoms with Crippen molar-refractivity contribution in [2.24, 2.45) is 0 Å². The molecule has 12 heteroatoms. The van der Waals surface area contributed by atoms with Crippen LogP contribution in [-0.4, -0.2) is 77.9 Å². The molecule has 5 atom stereocenters. The highest BCUT2D eigenvalue weighted by molar-refractivity contribution is 7.47. The predicted octanol–water partition coefficient (Wildman–Crippen LogP) is 10.4. The molecule has 1 aliphatic rings. The maximum atomic E-state index is 12.6. The van der Waals surface area contributed by atoms with E-state index >= 15 is 0 Å². The van der Waals surface area contributed by atoms with Gasteiger partial charge in [0.1, 0.15) is 12.7 Å². The number of hydrogen-bond acceptors (Lipinski definition) is 10. The van der Waals surface area contributed by atoms with Crippen LogP contribution in [0.4, 0.5) is 0 Å². The zero-order chi connectivity index (χ0) is 42.4. The fourth-order valence-corrected chi connectivity index (χ4v) is 6.34. The third kappa shape index (κ3) is 34.0. The van der Waals surface area contributed by atoms with Crippen LogP contribution in [0.25, 0.3) is 0 Å². The Hall–Kier alpha value is -2.89. The Morgan fingerprint density at radius 1 is 0.638 bits per heavy atom. The van der Waals surface area contributed by atoms with Gasteiger partial charge in [0.2, 0.25) is 0 Å². The van der Waals surface area contributed by atoms with E-state index in [4.69, 9.17) is 23.8 Å². The van der Waals surface area contributed by atoms with Crippen LogP contribution in [0.2, 0.25) is 0 Å². The van der Waals surface area contributed by atoms with Crippen LogP contribution in [0, 0.1) is 0 Å². The van der Waals surface area contributed by atoms with E-state index in [1.807, 2.05) is 12.2 Å². The molecule has 1 heterocycles. The van der Waals surface area contributed by atoms with Crippen LogP contribution in [-0.2, 0) is 37.4 Å². The Morgan fingerprint density at radius 3 is 1.83 bits per heavy atom. The van der Waals surface area contributed by atoms with E-state index < -0.39 is 51.8 Å². The summed E-state index contributed by atoms with van der Waals surface area (Å²) in [7, 11) is -4.65. The number of allylic oxidation sites excluding steroid dienone is 13. The van der Waals surface area contributed by atoms with Gasteiger partial charge in [0, 0.05) is 12.8 Å². The van der Waals surface area contributed by atoms with Crippen LogP contribution < -0.4 is 0 Å². The number of rotatable bonds is 38. The van der Waals surface area contributed by atoms with E-state index in [9.17, 15) is 24.2 Å². The molecule has 0 bridgehead atoms. The Balaban J connectivity index is 2.31. The zero-order valence-electron chi connectivity index (χ0n) is 35.4. The summed E-state index contributed by atoms with van der Waals surface area (Å²) in [5, 5.41) is 18.3. The van der Waals surface area contributed by atoms with Gasteiger partial charge in [-0.25, -0.2) is 4.57 Å². The van der Waals surface area contributed by atoms with Gasteiger partial charge >= 0.3 is 19.8 Å². The Bertz CT molecular complexity index is 1300. The molecule has 1 fully saturated rings. The lowest BCUT2D eigenvalue weighted by Gasteiger charge is -2.20. The van der Waals surface area contributed by atoms with Gasteiger partial charge in [0.25, 0.3) is 0 Å². The van der Waals surface area contributed by atoms with E-state index in [-0.39, 0.29) is 19.4 Å². The highest BCUT2D eigenvalue weighted by atomic mass is 31.2. The van der Waals surface area contributed by atoms with Crippen molar-refractivity contribution in [3.05, 3.63) is 85.1 Å². The number of ether oxygens (including phenoxy) is 3. The average molecular weight is 835 g/mol. The molecule has 0 amide bonds. The number of unbranched alkanes of at least 4 members (excludes halogenated alkanes) is 7. The van der Waals surface area contributed by atoms with Crippen molar-refractivity contribution < 1.29 is 52.5 Å². The zero-order valence-corrected chi connectivity index (χ0v) is 36.3. The number of phosphoric ester groups is 1. The van der Waals surface area contributed by atoms with Crippen molar-refractivity contribution in [2.75, 3.05) is 26.4 Å². The molecule has 1 rings (SSSR count). The Labute approximate surface area is 349 Å². The number of epoxide rings is 1. The summed E-state index contributed by atoms with van der Waals surface area (Å²) in [6.45, 7) is 2.10. The third-order valence-corrected chi connectivity index (χ3v) is 9.92. The molecule has 0 radical (unpaired) electrons. The lowest BCUT2D eigenvalue weighted by molar-refractivity contribution is -0.161. The second kappa shape index (κ2) is 37.1. The molecule has 0 aromatic carbocycles. The van der Waals surface area contributed by atoms with Crippen LogP contribution in [0.1, 0.15) is 142 Å². The van der Waals surface area contributed by atoms with E-state index in [0.717, 1.165) is 77.0 Å². The molecule has 330 valence electrons. The van der Waals surface area contributed by atoms with Crippen molar-refractivity contribution >= 4 is 19.8 Å². The number of aliphatic hydroxyl groups is 2. The summed E-state index contributed by atoms with van der Waals surface area (Å²) >= 11 is 0. The van der Waals surface area contributed by atoms with Gasteiger partial charge in [-0.3, -0.25) is 18.6 Å². The minimum absolute atomic E-state index is 0.106. The van der Waals surface area contributed by atoms with Crippen molar-refractivity contribution in [3.8, 4) is 0 Å². The second-order valence-electron chi connectivity index (χ2n) is 14.4. The Kier molecular flexibility index (Phi) is 34.0. The molecule has 58 heavy (non-hydrogen) atoms. The molecule has 0 aliphatic carbocycles. The minimum atomic E-state index is -4.65. The van der Waals surface area contributed by atoms with E-state index in [2.05, 4.69) is 91.3 Å². The number of esters is 2. The molecule has 0 aromatic heterocycles. The van der Waals surface area contributed by atoms with E-state index in [1.54, 1.807) is 0 Å². The summed E-state index contributed by atoms with van der Waals surface area (Å²) in [4.78, 5) is 35.0. The lowest BCUT2D eigenvalue weighted by atomic mass is 10.1. The van der Waals surface area contributed by atoms with Crippen LogP contribution in [0.5, 0.6) is 0 Å². The van der Waals surface area contributed by atoms with Gasteiger partial charge < -0.3 is 29.3 Å². The molecule has 3 N–H and O–H groups in total. The monoisotopic (exact) mass is 835 g/mol. The molecule has 3 unspecified atom stereocenters. The van der Waals surface area contributed by atoms with Crippen molar-refractivity contribution in [3.63, 3.8) is 0 Å². The van der Waals surface area contributed by atoms with Crippen LogP contribution in [0.3, 0.4) is 0 Å². The quantitative estimate of drug-likeness (QED) is 0.0178. The minimum Gasteiger partial charge on any atom is -0.462 e. The lowest BCUT2D eigenvalue weighted by Crippen LogP contribution is -2.29. The number of phosphoric acid groups is 1. The molecule has 1 saturated heterocycles. The van der Waals surface area contributed by atoms with Crippen molar-refractivity contribution in [1.29, 1.82) is 0 Å². The van der Waals surface area contributed by atoms with E-state index in [1.165, 1.54) is 25.7 Å². The first-order valence-electron chi connectivity index (χ1n) is 21.7. The standard InChI is InChI=1S/C46H75O11P/c1-3-5-7-8-9-10-11-12-13-14-15-16-17-18-19-20-24-27-31-35-45(49)53-39-42(40-55-58(51,52)54-38-41(48)37-47)56-46(50)36-32-28-25-22-21-23-26-30-34-44-43(57-44)33-29-6-4-2/h5,7,9-10,12-13,15-16,18-19,24,26-27,30,41-44,47-48H,3-4,6,8,11,14,17,20-23,25,28-29,31-40H2,1-2H3,(H,51,52)/b7-5-,10-9-,13-12-,16-15-,19-18-,27-24-,30-26-/t41-,42+,43?,44?/m0/s1. The maximum Gasteiger partial charge on any atom is 0.472 e. The van der Waals surface area contributed by atoms with Gasteiger partial charge in [-0.1, -0.05) is 137 Å². The molecule has 0 aromatic rings. The normalized spacial score (nSPS) is 18.2. The third-order valence-electron chi connectivity index (χ3n) is 8.97. The highest BCUT2D eigenvalue weighted by Gasteiger charge is 2.36. The fourth-order valence-electron chi connectivity index (χ4n) is 5.55. The number of carbonyl (C=O) groups is 2. The molecule has 1 aliphatic heterocycles. The first kappa shape index (κ1) is 53.1. The smallest absolute Gasteiger partial charge is 0.462 e. The summed E-state index contributed by atoms with van der Waals surface area (Å²) in [6.07, 6.45) is 45.9. The first-order valence-corrected chi connectivity index (χ1v) is 23.2. The van der Waals surface area contributed by atoms with Crippen molar-refractivity contribution in [2.45, 2.75) is 167 Å². The highest BCUT2D eigenvalue weighted by Crippen LogP contribution is 2.43. The first-order chi connectivity index (χ1) is 28.2. The molecular formula is C46H75O11P. The van der Waals surface area contributed by atoms with Crippen LogP contribution >= 0.6 is 7.82 Å². The summed E-state index contributed by atoms with van der Waals surface area (Å²) < 4.78 is 38.4. The Morgan fingerprint density at radius 2 is 1.21 bits per heavy atom. The molecule has 0 spiro atoms. The van der Waals surface area contributed by atoms with Gasteiger partial charge in [0.05, 0.1) is 32.0 Å². The number of aliphatic hydroxyl groups excluding tert-OH is 2. The van der Waals surface area contributed by atoms with Gasteiger partial charge in [-0.15, -0.1) is 0 Å². The number of carbonyl (C=O) groups excluding carboxylic acids is 2. The summed E-state index contributed by atoms with van der Waals surface area (Å²) in [5.41, 5.74) is 0. The second-order valence-corrected chi connectivity index (χ2v) is 15.8. The molecule has 11 nitrogen and oxygen atoms in total. The largest absolute Gasteiger partial charge is 0.472 e. The van der Waals surface area contributed by atoms with Crippen LogP contribution in [0.15, 0.2) is 85.1 Å². The van der Waals surface area contributed by atoms with Gasteiger partial charge in [-0.2, -0.15) is 0 Å².